The van der Waals surface area contributed by atoms with Gasteiger partial charge in [-0.15, -0.1) is 0 Å². The van der Waals surface area contributed by atoms with Crippen LogP contribution in [0.2, 0.25) is 5.02 Å². The van der Waals surface area contributed by atoms with Crippen LogP contribution in [0.4, 0.5) is 5.69 Å². The summed E-state index contributed by atoms with van der Waals surface area (Å²) in [4.78, 5) is 18.3. The molecule has 1 saturated heterocycles. The Morgan fingerprint density at radius 2 is 1.78 bits per heavy atom. The van der Waals surface area contributed by atoms with E-state index >= 15 is 0 Å². The molecule has 1 heterocycles. The lowest BCUT2D eigenvalue weighted by Crippen LogP contribution is -3.09. The largest absolute Gasteiger partial charge is 0.368 e. The van der Waals surface area contributed by atoms with Crippen molar-refractivity contribution >= 4 is 23.2 Å². The summed E-state index contributed by atoms with van der Waals surface area (Å²) in [6, 6.07) is 14.3. The molecule has 3 rings (SSSR count). The van der Waals surface area contributed by atoms with E-state index in [-0.39, 0.29) is 5.91 Å². The van der Waals surface area contributed by atoms with Gasteiger partial charge < -0.3 is 14.7 Å². The maximum Gasteiger partial charge on any atom is 0.277 e. The number of nitrogens with one attached hydrogen (secondary N) is 1. The molecule has 4 nitrogen and oxygen atoms in total. The van der Waals surface area contributed by atoms with E-state index in [0.717, 1.165) is 43.3 Å². The molecule has 144 valence electrons. The Balaban J connectivity index is 1.51. The summed E-state index contributed by atoms with van der Waals surface area (Å²) in [5.74, 6) is 0.232. The van der Waals surface area contributed by atoms with Gasteiger partial charge in [0.1, 0.15) is 6.54 Å². The molecule has 0 radical (unpaired) electrons. The van der Waals surface area contributed by atoms with Gasteiger partial charge in [-0.1, -0.05) is 35.9 Å². The zero-order valence-corrected chi connectivity index (χ0v) is 17.2. The number of hydrogen-bond donors (Lipinski definition) is 1. The molecule has 2 aromatic rings. The number of hydrogen-bond acceptors (Lipinski definition) is 2. The van der Waals surface area contributed by atoms with Gasteiger partial charge in [0.15, 0.2) is 6.54 Å². The Bertz CT molecular complexity index is 800. The lowest BCUT2D eigenvalue weighted by atomic mass is 10.1. The highest BCUT2D eigenvalue weighted by Crippen LogP contribution is 2.23. The number of likely N-dealkylation sites (N-methyl/N-ethyl adjacent to an activating group) is 1. The van der Waals surface area contributed by atoms with E-state index in [1.807, 2.05) is 23.1 Å². The van der Waals surface area contributed by atoms with Crippen molar-refractivity contribution in [3.63, 3.8) is 0 Å². The van der Waals surface area contributed by atoms with Crippen LogP contribution in [0.15, 0.2) is 42.5 Å². The van der Waals surface area contributed by atoms with Crippen LogP contribution in [0, 0.1) is 13.8 Å². The third kappa shape index (κ3) is 5.02. The molecule has 2 aromatic carbocycles. The van der Waals surface area contributed by atoms with E-state index < -0.39 is 0 Å². The molecule has 1 aliphatic heterocycles. The van der Waals surface area contributed by atoms with Gasteiger partial charge in [0, 0.05) is 42.5 Å². The Kier molecular flexibility index (Phi) is 6.40. The predicted molar refractivity (Wildman–Crippen MR) is 112 cm³/mol. The molecule has 0 spiro atoms. The summed E-state index contributed by atoms with van der Waals surface area (Å²) in [5, 5.41) is 0.745. The Morgan fingerprint density at radius 3 is 2.48 bits per heavy atom. The van der Waals surface area contributed by atoms with E-state index in [9.17, 15) is 4.79 Å². The van der Waals surface area contributed by atoms with Crippen molar-refractivity contribution in [1.82, 2.24) is 4.90 Å². The maximum atomic E-state index is 12.7. The number of amides is 1. The Morgan fingerprint density at radius 1 is 1.07 bits per heavy atom. The first-order chi connectivity index (χ1) is 12.9. The lowest BCUT2D eigenvalue weighted by molar-refractivity contribution is -0.885. The van der Waals surface area contributed by atoms with Crippen molar-refractivity contribution < 1.29 is 9.69 Å². The highest BCUT2D eigenvalue weighted by molar-refractivity contribution is 6.30. The molecule has 27 heavy (non-hydrogen) atoms. The normalized spacial score (nSPS) is 15.7. The minimum absolute atomic E-state index is 0.232. The van der Waals surface area contributed by atoms with Crippen molar-refractivity contribution in [2.75, 3.05) is 44.7 Å². The number of piperazine rings is 1. The molecule has 1 aliphatic rings. The fourth-order valence-electron chi connectivity index (χ4n) is 3.70. The van der Waals surface area contributed by atoms with Crippen LogP contribution in [0.5, 0.6) is 0 Å². The van der Waals surface area contributed by atoms with Crippen molar-refractivity contribution in [3.8, 4) is 0 Å². The van der Waals surface area contributed by atoms with Gasteiger partial charge in [0.05, 0.1) is 7.05 Å². The number of carbonyl (C=O) groups is 1. The summed E-state index contributed by atoms with van der Waals surface area (Å²) >= 11 is 6.05. The van der Waals surface area contributed by atoms with E-state index in [1.54, 1.807) is 0 Å². The van der Waals surface area contributed by atoms with E-state index in [4.69, 9.17) is 11.6 Å². The molecule has 1 N–H and O–H groups in total. The predicted octanol–water partition coefficient (Wildman–Crippen LogP) is 2.32. The van der Waals surface area contributed by atoms with Gasteiger partial charge in [-0.2, -0.15) is 0 Å². The van der Waals surface area contributed by atoms with Crippen molar-refractivity contribution in [3.05, 3.63) is 64.2 Å². The zero-order valence-electron chi connectivity index (χ0n) is 16.5. The summed E-state index contributed by atoms with van der Waals surface area (Å²) in [6.45, 7) is 9.00. The summed E-state index contributed by atoms with van der Waals surface area (Å²) in [6.07, 6.45) is 0. The molecule has 0 aliphatic carbocycles. The Labute approximate surface area is 167 Å². The van der Waals surface area contributed by atoms with E-state index in [2.05, 4.69) is 50.1 Å². The number of carbonyl (C=O) groups excluding carboxylic acids is 1. The second-order valence-corrected chi connectivity index (χ2v) is 7.96. The van der Waals surface area contributed by atoms with Gasteiger partial charge in [0.2, 0.25) is 0 Å². The first-order valence-electron chi connectivity index (χ1n) is 9.58. The molecule has 0 saturated carbocycles. The maximum absolute atomic E-state index is 12.7. The number of nitrogens with zero attached hydrogens (tertiary/aromatic N) is 2. The van der Waals surface area contributed by atoms with Gasteiger partial charge >= 0.3 is 0 Å². The summed E-state index contributed by atoms with van der Waals surface area (Å²) in [7, 11) is 2.06. The number of rotatable bonds is 5. The van der Waals surface area contributed by atoms with Crippen LogP contribution in [0.25, 0.3) is 0 Å². The van der Waals surface area contributed by atoms with E-state index in [0.29, 0.717) is 6.54 Å². The number of halogens is 1. The first-order valence-corrected chi connectivity index (χ1v) is 9.96. The molecule has 1 atom stereocenters. The number of benzene rings is 2. The van der Waals surface area contributed by atoms with Gasteiger partial charge in [0.25, 0.3) is 5.91 Å². The van der Waals surface area contributed by atoms with Gasteiger partial charge in [-0.05, 0) is 43.2 Å². The fraction of sp³-hybridized carbons (Fsp3) is 0.409. The second kappa shape index (κ2) is 8.77. The molecule has 1 unspecified atom stereocenters. The first kappa shape index (κ1) is 19.7. The van der Waals surface area contributed by atoms with E-state index in [1.165, 1.54) is 21.7 Å². The minimum Gasteiger partial charge on any atom is -0.368 e. The Hall–Kier alpha value is -2.04. The second-order valence-electron chi connectivity index (χ2n) is 7.53. The molecule has 1 fully saturated rings. The number of quaternary nitrogens is 1. The highest BCUT2D eigenvalue weighted by Gasteiger charge is 2.24. The SMILES string of the molecule is Cc1cccc(N2CCN(C(=O)C[NH+](C)Cc3cccc(Cl)c3)CC2)c1C. The molecule has 0 aromatic heterocycles. The minimum atomic E-state index is 0.232. The smallest absolute Gasteiger partial charge is 0.277 e. The average Bonchev–Trinajstić information content (AvgIpc) is 2.64. The van der Waals surface area contributed by atoms with Crippen molar-refractivity contribution in [2.24, 2.45) is 0 Å². The molecule has 0 bridgehead atoms. The zero-order chi connectivity index (χ0) is 19.4. The quantitative estimate of drug-likeness (QED) is 0.854. The monoisotopic (exact) mass is 386 g/mol. The molecule has 1 amide bonds. The standard InChI is InChI=1S/C22H28ClN3O/c1-17-6-4-9-21(18(17)2)25-10-12-26(13-11-25)22(27)16-24(3)15-19-7-5-8-20(23)14-19/h4-9,14H,10-13,15-16H2,1-3H3/p+1. The van der Waals surface area contributed by atoms with Crippen LogP contribution >= 0.6 is 11.6 Å². The van der Waals surface area contributed by atoms with Gasteiger partial charge in [-0.3, -0.25) is 4.79 Å². The summed E-state index contributed by atoms with van der Waals surface area (Å²) < 4.78 is 0. The van der Waals surface area contributed by atoms with Gasteiger partial charge in [-0.25, -0.2) is 0 Å². The van der Waals surface area contributed by atoms with Crippen LogP contribution in [0.1, 0.15) is 16.7 Å². The molecular weight excluding hydrogens is 358 g/mol. The number of anilines is 1. The third-order valence-corrected chi connectivity index (χ3v) is 5.63. The third-order valence-electron chi connectivity index (χ3n) is 5.40. The van der Waals surface area contributed by atoms with Crippen LogP contribution < -0.4 is 9.80 Å². The summed E-state index contributed by atoms with van der Waals surface area (Å²) in [5.41, 5.74) is 5.11. The molecule has 5 heteroatoms. The van der Waals surface area contributed by atoms with Crippen LogP contribution in [-0.2, 0) is 11.3 Å². The van der Waals surface area contributed by atoms with Crippen LogP contribution in [-0.4, -0.2) is 50.6 Å². The highest BCUT2D eigenvalue weighted by atomic mass is 35.5. The molecular formula is C22H29ClN3O+. The topological polar surface area (TPSA) is 28.0 Å². The lowest BCUT2D eigenvalue weighted by Gasteiger charge is -2.37. The number of aryl methyl sites for hydroxylation is 1. The van der Waals surface area contributed by atoms with Crippen molar-refractivity contribution in [2.45, 2.75) is 20.4 Å². The fourth-order valence-corrected chi connectivity index (χ4v) is 3.92. The van der Waals surface area contributed by atoms with Crippen LogP contribution in [0.3, 0.4) is 0 Å². The van der Waals surface area contributed by atoms with Crippen molar-refractivity contribution in [1.29, 1.82) is 0 Å². The average molecular weight is 387 g/mol.